The molecule has 3 saturated carbocycles. The van der Waals surface area contributed by atoms with Crippen molar-refractivity contribution in [2.45, 2.75) is 154 Å². The summed E-state index contributed by atoms with van der Waals surface area (Å²) in [6, 6.07) is 0. The Labute approximate surface area is 239 Å². The normalized spacial score (nSPS) is 41.8. The van der Waals surface area contributed by atoms with Gasteiger partial charge in [0, 0.05) is 19.3 Å². The Morgan fingerprint density at radius 1 is 0.303 bits per heavy atom. The van der Waals surface area contributed by atoms with Gasteiger partial charge in [0.05, 0.1) is 0 Å². The monoisotopic (exact) mass is 714 g/mol. The van der Waals surface area contributed by atoms with E-state index in [0.717, 1.165) is 33.3 Å². The van der Waals surface area contributed by atoms with Crippen molar-refractivity contribution in [2.75, 3.05) is 0 Å². The summed E-state index contributed by atoms with van der Waals surface area (Å²) in [4.78, 5) is 2.77. The van der Waals surface area contributed by atoms with Gasteiger partial charge in [-0.1, -0.05) is 154 Å². The second-order valence-electron chi connectivity index (χ2n) is 11.8. The van der Waals surface area contributed by atoms with Crippen molar-refractivity contribution < 1.29 is 0 Å². The van der Waals surface area contributed by atoms with Crippen molar-refractivity contribution in [2.24, 2.45) is 23.7 Å². The Hall–Kier alpha value is 1.92. The second kappa shape index (κ2) is 16.7. The van der Waals surface area contributed by atoms with Crippen LogP contribution in [-0.4, -0.2) is 19.3 Å². The number of hydrogen-bond donors (Lipinski definition) is 0. The molecule has 194 valence electrons. The van der Waals surface area contributed by atoms with Gasteiger partial charge in [0.1, 0.15) is 0 Å². The minimum absolute atomic E-state index is 0.635. The van der Waals surface area contributed by atoms with Crippen LogP contribution in [-0.2, 0) is 0 Å². The Morgan fingerprint density at radius 2 is 0.727 bits per heavy atom. The highest BCUT2D eigenvalue weighted by Crippen LogP contribution is 2.43. The fraction of sp³-hybridized carbons (Fsp3) is 1.00. The second-order valence-corrected chi connectivity index (χ2v) is 16.8. The largest absolute Gasteiger partial charge is 0.0891 e. The highest BCUT2D eigenvalue weighted by molar-refractivity contribution is 9.12. The lowest BCUT2D eigenvalue weighted by Gasteiger charge is -2.32. The molecule has 3 aliphatic carbocycles. The molecule has 0 radical (unpaired) electrons. The molecular weight excluding hydrogens is 668 g/mol. The quantitative estimate of drug-likeness (QED) is 0.250. The summed E-state index contributed by atoms with van der Waals surface area (Å²) in [6.45, 7) is 0. The summed E-state index contributed by atoms with van der Waals surface area (Å²) < 4.78 is 0. The number of hydrogen-bond acceptors (Lipinski definition) is 0. The van der Waals surface area contributed by atoms with Crippen LogP contribution in [0.15, 0.2) is 0 Å². The molecule has 0 N–H and O–H groups in total. The maximum absolute atomic E-state index is 4.20. The predicted octanol–water partition coefficient (Wildman–Crippen LogP) is 11.7. The SMILES string of the molecule is BrC1CCCCCCC(C2CCCC(C3CCCCCCCC(Br)C3)CC(Br)C(Br)C2)CC1. The summed E-state index contributed by atoms with van der Waals surface area (Å²) in [5, 5.41) is 0. The lowest BCUT2D eigenvalue weighted by Crippen LogP contribution is -2.26. The first-order valence-electron chi connectivity index (χ1n) is 14.6. The fourth-order valence-corrected chi connectivity index (χ4v) is 9.97. The molecule has 33 heavy (non-hydrogen) atoms. The first-order valence-corrected chi connectivity index (χ1v) is 18.3. The van der Waals surface area contributed by atoms with Crippen LogP contribution >= 0.6 is 63.7 Å². The molecular formula is C29H50Br4. The topological polar surface area (TPSA) is 0 Å². The van der Waals surface area contributed by atoms with E-state index in [2.05, 4.69) is 63.7 Å². The highest BCUT2D eigenvalue weighted by atomic mass is 79.9. The average Bonchev–Trinajstić information content (AvgIpc) is 2.87. The minimum atomic E-state index is 0.635. The molecule has 0 nitrogen and oxygen atoms in total. The van der Waals surface area contributed by atoms with Crippen LogP contribution in [0.5, 0.6) is 0 Å². The Morgan fingerprint density at radius 3 is 1.36 bits per heavy atom. The number of alkyl halides is 4. The highest BCUT2D eigenvalue weighted by Gasteiger charge is 2.33. The molecule has 3 aliphatic rings. The van der Waals surface area contributed by atoms with Gasteiger partial charge < -0.3 is 0 Å². The number of halogens is 4. The van der Waals surface area contributed by atoms with Gasteiger partial charge in [0.25, 0.3) is 0 Å². The van der Waals surface area contributed by atoms with E-state index in [9.17, 15) is 0 Å². The molecule has 0 aromatic rings. The maximum Gasteiger partial charge on any atom is 0.0273 e. The van der Waals surface area contributed by atoms with Crippen molar-refractivity contribution >= 4 is 63.7 Å². The van der Waals surface area contributed by atoms with Crippen molar-refractivity contribution in [3.05, 3.63) is 0 Å². The molecule has 0 spiro atoms. The van der Waals surface area contributed by atoms with E-state index in [0.29, 0.717) is 9.65 Å². The molecule has 4 heteroatoms. The van der Waals surface area contributed by atoms with Gasteiger partial charge in [-0.2, -0.15) is 0 Å². The summed E-state index contributed by atoms with van der Waals surface area (Å²) in [6.07, 6.45) is 30.2. The van der Waals surface area contributed by atoms with Gasteiger partial charge in [-0.3, -0.25) is 0 Å². The Kier molecular flexibility index (Phi) is 14.9. The maximum atomic E-state index is 4.20. The van der Waals surface area contributed by atoms with Crippen molar-refractivity contribution in [3.63, 3.8) is 0 Å². The molecule has 0 bridgehead atoms. The van der Waals surface area contributed by atoms with Gasteiger partial charge in [0.2, 0.25) is 0 Å². The van der Waals surface area contributed by atoms with Crippen LogP contribution in [0.2, 0.25) is 0 Å². The van der Waals surface area contributed by atoms with Crippen LogP contribution < -0.4 is 0 Å². The summed E-state index contributed by atoms with van der Waals surface area (Å²) in [5.74, 6) is 3.69. The standard InChI is InChI=1S/C29H50Br4/c30-26-15-8-5-4-6-11-22(17-18-26)24-13-10-14-25(21-29(33)28(32)20-24)23-12-7-2-1-3-9-16-27(31)19-23/h22-29H,1-21H2. The zero-order valence-electron chi connectivity index (χ0n) is 21.0. The summed E-state index contributed by atoms with van der Waals surface area (Å²) in [5.41, 5.74) is 0. The lowest BCUT2D eigenvalue weighted by molar-refractivity contribution is 0.228. The molecule has 0 aromatic carbocycles. The van der Waals surface area contributed by atoms with Crippen molar-refractivity contribution in [3.8, 4) is 0 Å². The first kappa shape index (κ1) is 29.5. The molecule has 8 unspecified atom stereocenters. The molecule has 0 aromatic heterocycles. The molecule has 3 rings (SSSR count). The fourth-order valence-electron chi connectivity index (χ4n) is 7.18. The lowest BCUT2D eigenvalue weighted by atomic mass is 9.77. The van der Waals surface area contributed by atoms with E-state index < -0.39 is 0 Å². The van der Waals surface area contributed by atoms with Gasteiger partial charge in [0.15, 0.2) is 0 Å². The average molecular weight is 718 g/mol. The van der Waals surface area contributed by atoms with Crippen LogP contribution in [0, 0.1) is 23.7 Å². The van der Waals surface area contributed by atoms with E-state index in [1.54, 1.807) is 0 Å². The van der Waals surface area contributed by atoms with Gasteiger partial charge in [-0.15, -0.1) is 0 Å². The molecule has 0 heterocycles. The predicted molar refractivity (Wildman–Crippen MR) is 162 cm³/mol. The van der Waals surface area contributed by atoms with E-state index in [1.807, 2.05) is 0 Å². The van der Waals surface area contributed by atoms with Crippen LogP contribution in [0.25, 0.3) is 0 Å². The van der Waals surface area contributed by atoms with E-state index in [1.165, 1.54) is 135 Å². The zero-order valence-corrected chi connectivity index (χ0v) is 27.3. The van der Waals surface area contributed by atoms with E-state index in [-0.39, 0.29) is 0 Å². The van der Waals surface area contributed by atoms with Gasteiger partial charge in [-0.25, -0.2) is 0 Å². The van der Waals surface area contributed by atoms with Crippen LogP contribution in [0.4, 0.5) is 0 Å². The van der Waals surface area contributed by atoms with E-state index >= 15 is 0 Å². The summed E-state index contributed by atoms with van der Waals surface area (Å²) in [7, 11) is 0. The van der Waals surface area contributed by atoms with Crippen molar-refractivity contribution in [1.29, 1.82) is 0 Å². The van der Waals surface area contributed by atoms with E-state index in [4.69, 9.17) is 0 Å². The minimum Gasteiger partial charge on any atom is -0.0891 e. The smallest absolute Gasteiger partial charge is 0.0273 e. The van der Waals surface area contributed by atoms with Crippen molar-refractivity contribution in [1.82, 2.24) is 0 Å². The molecule has 0 aliphatic heterocycles. The van der Waals surface area contributed by atoms with Crippen LogP contribution in [0.1, 0.15) is 135 Å². The molecule has 3 fully saturated rings. The third-order valence-corrected chi connectivity index (χ3v) is 13.8. The molecule has 0 amide bonds. The van der Waals surface area contributed by atoms with Crippen LogP contribution in [0.3, 0.4) is 0 Å². The first-order chi connectivity index (χ1) is 16.0. The van der Waals surface area contributed by atoms with Gasteiger partial charge in [-0.05, 0) is 68.6 Å². The molecule has 8 atom stereocenters. The molecule has 0 saturated heterocycles. The Balaban J connectivity index is 1.63. The van der Waals surface area contributed by atoms with Gasteiger partial charge >= 0.3 is 0 Å². The third kappa shape index (κ3) is 11.1. The zero-order chi connectivity index (χ0) is 23.5. The number of rotatable bonds is 2. The third-order valence-electron chi connectivity index (χ3n) is 9.28. The summed E-state index contributed by atoms with van der Waals surface area (Å²) >= 11 is 16.5. The Bertz CT molecular complexity index is 512.